The minimum absolute atomic E-state index is 0.0545. The van der Waals surface area contributed by atoms with Crippen molar-refractivity contribution in [2.75, 3.05) is 5.32 Å². The molecule has 0 fully saturated rings. The van der Waals surface area contributed by atoms with Crippen molar-refractivity contribution in [2.24, 2.45) is 0 Å². The summed E-state index contributed by atoms with van der Waals surface area (Å²) in [6.07, 6.45) is -4.48. The van der Waals surface area contributed by atoms with Crippen molar-refractivity contribution in [3.63, 3.8) is 0 Å². The van der Waals surface area contributed by atoms with Crippen molar-refractivity contribution < 1.29 is 18.0 Å². The van der Waals surface area contributed by atoms with Crippen LogP contribution in [0.2, 0.25) is 0 Å². The van der Waals surface area contributed by atoms with Crippen LogP contribution in [0.3, 0.4) is 0 Å². The lowest BCUT2D eigenvalue weighted by Gasteiger charge is -2.09. The lowest BCUT2D eigenvalue weighted by Crippen LogP contribution is -2.14. The van der Waals surface area contributed by atoms with Gasteiger partial charge in [-0.2, -0.15) is 13.2 Å². The minimum atomic E-state index is -4.48. The number of amides is 1. The number of hydrogen-bond acceptors (Lipinski definition) is 1. The Morgan fingerprint density at radius 1 is 1.10 bits per heavy atom. The molecule has 21 heavy (non-hydrogen) atoms. The molecule has 2 rings (SSSR count). The highest BCUT2D eigenvalue weighted by atomic mass is 35.5. The second kappa shape index (κ2) is 6.18. The fourth-order valence-electron chi connectivity index (χ4n) is 1.77. The molecule has 1 amide bonds. The lowest BCUT2D eigenvalue weighted by atomic mass is 10.1. The maximum Gasteiger partial charge on any atom is 0.416 e. The summed E-state index contributed by atoms with van der Waals surface area (Å²) in [5, 5.41) is 2.55. The van der Waals surface area contributed by atoms with Crippen molar-refractivity contribution in [3.05, 3.63) is 65.2 Å². The van der Waals surface area contributed by atoms with E-state index in [2.05, 4.69) is 5.32 Å². The van der Waals surface area contributed by atoms with E-state index in [1.54, 1.807) is 24.3 Å². The molecule has 0 spiro atoms. The van der Waals surface area contributed by atoms with Crippen LogP contribution >= 0.6 is 11.6 Å². The van der Waals surface area contributed by atoms with Gasteiger partial charge in [0.25, 0.3) is 5.91 Å². The van der Waals surface area contributed by atoms with Crippen molar-refractivity contribution in [1.29, 1.82) is 0 Å². The number of halogens is 4. The van der Waals surface area contributed by atoms with E-state index in [0.29, 0.717) is 5.69 Å². The summed E-state index contributed by atoms with van der Waals surface area (Å²) in [5.74, 6) is -0.319. The van der Waals surface area contributed by atoms with Crippen LogP contribution in [0.25, 0.3) is 0 Å². The monoisotopic (exact) mass is 313 g/mol. The molecule has 6 heteroatoms. The zero-order valence-electron chi connectivity index (χ0n) is 10.7. The summed E-state index contributed by atoms with van der Waals surface area (Å²) in [5.41, 5.74) is 0.375. The topological polar surface area (TPSA) is 29.1 Å². The third-order valence-corrected chi connectivity index (χ3v) is 3.10. The smallest absolute Gasteiger partial charge is 0.322 e. The fraction of sp³-hybridized carbons (Fsp3) is 0.133. The summed E-state index contributed by atoms with van der Waals surface area (Å²) in [7, 11) is 0. The predicted octanol–water partition coefficient (Wildman–Crippen LogP) is 4.70. The van der Waals surface area contributed by atoms with Crippen LogP contribution in [0.15, 0.2) is 48.5 Å². The van der Waals surface area contributed by atoms with E-state index < -0.39 is 17.6 Å². The van der Waals surface area contributed by atoms with Gasteiger partial charge in [0.1, 0.15) is 0 Å². The maximum atomic E-state index is 12.6. The first-order valence-corrected chi connectivity index (χ1v) is 6.57. The molecule has 2 nitrogen and oxygen atoms in total. The number of alkyl halides is 4. The molecule has 0 heterocycles. The van der Waals surface area contributed by atoms with Crippen LogP contribution in [0.4, 0.5) is 18.9 Å². The summed E-state index contributed by atoms with van der Waals surface area (Å²) in [6, 6.07) is 11.1. The third kappa shape index (κ3) is 3.98. The molecule has 2 aromatic carbocycles. The molecule has 110 valence electrons. The summed E-state index contributed by atoms with van der Waals surface area (Å²) < 4.78 is 37.8. The highest BCUT2D eigenvalue weighted by Gasteiger charge is 2.30. The van der Waals surface area contributed by atoms with Crippen molar-refractivity contribution in [3.8, 4) is 0 Å². The summed E-state index contributed by atoms with van der Waals surface area (Å²) in [4.78, 5) is 12.0. The highest BCUT2D eigenvalue weighted by molar-refractivity contribution is 6.17. The van der Waals surface area contributed by atoms with Gasteiger partial charge in [-0.1, -0.05) is 18.2 Å². The van der Waals surface area contributed by atoms with E-state index in [4.69, 9.17) is 11.6 Å². The molecule has 0 radical (unpaired) electrons. The number of anilines is 1. The van der Waals surface area contributed by atoms with Gasteiger partial charge >= 0.3 is 6.18 Å². The zero-order chi connectivity index (χ0) is 15.5. The predicted molar refractivity (Wildman–Crippen MR) is 75.4 cm³/mol. The largest absolute Gasteiger partial charge is 0.416 e. The number of benzene rings is 2. The first-order chi connectivity index (χ1) is 9.90. The van der Waals surface area contributed by atoms with Crippen LogP contribution in [-0.2, 0) is 12.1 Å². The average Bonchev–Trinajstić information content (AvgIpc) is 2.46. The Labute approximate surface area is 124 Å². The molecule has 0 aromatic heterocycles. The SMILES string of the molecule is O=C(Nc1cccc(CCl)c1)c1cccc(C(F)(F)F)c1. The third-order valence-electron chi connectivity index (χ3n) is 2.79. The van der Waals surface area contributed by atoms with Crippen LogP contribution in [-0.4, -0.2) is 5.91 Å². The molecule has 0 aliphatic rings. The zero-order valence-corrected chi connectivity index (χ0v) is 11.5. The molecule has 0 bridgehead atoms. The molecule has 0 atom stereocenters. The Morgan fingerprint density at radius 2 is 1.81 bits per heavy atom. The van der Waals surface area contributed by atoms with Gasteiger partial charge in [-0.3, -0.25) is 4.79 Å². The number of nitrogens with one attached hydrogen (secondary N) is 1. The van der Waals surface area contributed by atoms with Gasteiger partial charge in [-0.25, -0.2) is 0 Å². The quantitative estimate of drug-likeness (QED) is 0.818. The molecular weight excluding hydrogens is 303 g/mol. The molecule has 0 aliphatic heterocycles. The molecule has 0 saturated heterocycles. The van der Waals surface area contributed by atoms with Gasteiger partial charge in [0.05, 0.1) is 5.56 Å². The van der Waals surface area contributed by atoms with E-state index in [9.17, 15) is 18.0 Å². The van der Waals surface area contributed by atoms with Gasteiger partial charge in [-0.15, -0.1) is 11.6 Å². The number of rotatable bonds is 3. The minimum Gasteiger partial charge on any atom is -0.322 e. The first-order valence-electron chi connectivity index (χ1n) is 6.03. The van der Waals surface area contributed by atoms with E-state index in [-0.39, 0.29) is 11.4 Å². The van der Waals surface area contributed by atoms with E-state index >= 15 is 0 Å². The average molecular weight is 314 g/mol. The van der Waals surface area contributed by atoms with E-state index in [1.807, 2.05) is 0 Å². The Bertz CT molecular complexity index is 655. The van der Waals surface area contributed by atoms with Gasteiger partial charge in [0, 0.05) is 17.1 Å². The van der Waals surface area contributed by atoms with Crippen LogP contribution in [0.5, 0.6) is 0 Å². The van der Waals surface area contributed by atoms with Gasteiger partial charge in [0.2, 0.25) is 0 Å². The van der Waals surface area contributed by atoms with Crippen LogP contribution in [0.1, 0.15) is 21.5 Å². The van der Waals surface area contributed by atoms with Crippen molar-refractivity contribution in [2.45, 2.75) is 12.1 Å². The second-order valence-electron chi connectivity index (χ2n) is 4.37. The number of carbonyl (C=O) groups is 1. The first kappa shape index (κ1) is 15.4. The lowest BCUT2D eigenvalue weighted by molar-refractivity contribution is -0.137. The molecule has 0 saturated carbocycles. The van der Waals surface area contributed by atoms with Gasteiger partial charge in [0.15, 0.2) is 0 Å². The number of hydrogen-bond donors (Lipinski definition) is 1. The molecule has 1 N–H and O–H groups in total. The Kier molecular flexibility index (Phi) is 4.53. The molecular formula is C15H11ClF3NO. The number of carbonyl (C=O) groups excluding carboxylic acids is 1. The Hall–Kier alpha value is -2.01. The highest BCUT2D eigenvalue weighted by Crippen LogP contribution is 2.29. The summed E-state index contributed by atoms with van der Waals surface area (Å²) >= 11 is 5.69. The van der Waals surface area contributed by atoms with E-state index in [1.165, 1.54) is 12.1 Å². The van der Waals surface area contributed by atoms with Crippen LogP contribution < -0.4 is 5.32 Å². The normalized spacial score (nSPS) is 11.2. The Morgan fingerprint density at radius 3 is 2.48 bits per heavy atom. The Balaban J connectivity index is 2.20. The van der Waals surface area contributed by atoms with Crippen molar-refractivity contribution in [1.82, 2.24) is 0 Å². The molecule has 0 unspecified atom stereocenters. The van der Waals surface area contributed by atoms with Gasteiger partial charge < -0.3 is 5.32 Å². The van der Waals surface area contributed by atoms with Gasteiger partial charge in [-0.05, 0) is 35.9 Å². The molecule has 2 aromatic rings. The van der Waals surface area contributed by atoms with E-state index in [0.717, 1.165) is 17.7 Å². The maximum absolute atomic E-state index is 12.6. The molecule has 0 aliphatic carbocycles. The standard InChI is InChI=1S/C15H11ClF3NO/c16-9-10-3-1-6-13(7-10)20-14(21)11-4-2-5-12(8-11)15(17,18)19/h1-8H,9H2,(H,20,21). The van der Waals surface area contributed by atoms with Crippen LogP contribution in [0, 0.1) is 0 Å². The second-order valence-corrected chi connectivity index (χ2v) is 4.63. The fourth-order valence-corrected chi connectivity index (χ4v) is 1.94. The summed E-state index contributed by atoms with van der Waals surface area (Å²) in [6.45, 7) is 0. The van der Waals surface area contributed by atoms with Crippen molar-refractivity contribution >= 4 is 23.2 Å².